The van der Waals surface area contributed by atoms with Crippen LogP contribution < -0.4 is 10.2 Å². The lowest BCUT2D eigenvalue weighted by molar-refractivity contribution is 0.0749. The van der Waals surface area contributed by atoms with E-state index in [0.717, 1.165) is 43.9 Å². The number of piperidine rings is 1. The standard InChI is InChI=1S/C25H34FN3O2/c1-18-21(25(30)27-28-13-7-4-8-14-28)16-23(22-15-20(26)11-12-24(22)31-2)29(18)17-19-9-5-3-6-10-19/h11-12,15-16,19H,3-10,13-14,17H2,1-2H3,(H,27,30). The number of halogens is 1. The predicted molar refractivity (Wildman–Crippen MR) is 121 cm³/mol. The van der Waals surface area contributed by atoms with Crippen LogP contribution in [0.3, 0.4) is 0 Å². The third-order valence-electron chi connectivity index (χ3n) is 6.83. The summed E-state index contributed by atoms with van der Waals surface area (Å²) in [7, 11) is 1.60. The van der Waals surface area contributed by atoms with Gasteiger partial charge in [-0.25, -0.2) is 9.40 Å². The number of methoxy groups -OCH3 is 1. The number of carbonyl (C=O) groups is 1. The SMILES string of the molecule is COc1ccc(F)cc1-c1cc(C(=O)NN2CCCCC2)c(C)n1CC1CCCCC1. The van der Waals surface area contributed by atoms with Gasteiger partial charge in [-0.3, -0.25) is 10.2 Å². The first-order valence-corrected chi connectivity index (χ1v) is 11.7. The highest BCUT2D eigenvalue weighted by Gasteiger charge is 2.25. The van der Waals surface area contributed by atoms with Gasteiger partial charge in [0, 0.05) is 30.9 Å². The highest BCUT2D eigenvalue weighted by Crippen LogP contribution is 2.36. The summed E-state index contributed by atoms with van der Waals surface area (Å²) >= 11 is 0. The minimum Gasteiger partial charge on any atom is -0.496 e. The zero-order valence-corrected chi connectivity index (χ0v) is 18.8. The molecule has 0 bridgehead atoms. The van der Waals surface area contributed by atoms with Crippen molar-refractivity contribution in [2.75, 3.05) is 20.2 Å². The topological polar surface area (TPSA) is 46.5 Å². The van der Waals surface area contributed by atoms with Gasteiger partial charge in [-0.2, -0.15) is 0 Å². The monoisotopic (exact) mass is 427 g/mol. The molecule has 5 nitrogen and oxygen atoms in total. The van der Waals surface area contributed by atoms with E-state index in [1.54, 1.807) is 13.2 Å². The molecule has 0 atom stereocenters. The summed E-state index contributed by atoms with van der Waals surface area (Å²) in [6, 6.07) is 6.49. The van der Waals surface area contributed by atoms with Crippen LogP contribution in [0.1, 0.15) is 67.4 Å². The number of hydrazine groups is 1. The second kappa shape index (κ2) is 9.86. The molecule has 1 saturated carbocycles. The lowest BCUT2D eigenvalue weighted by Crippen LogP contribution is -2.45. The number of rotatable bonds is 6. The Hall–Kier alpha value is -2.34. The molecule has 2 fully saturated rings. The Kier molecular flexibility index (Phi) is 6.96. The first-order chi connectivity index (χ1) is 15.1. The highest BCUT2D eigenvalue weighted by atomic mass is 19.1. The summed E-state index contributed by atoms with van der Waals surface area (Å²) in [5.41, 5.74) is 6.22. The third-order valence-corrected chi connectivity index (χ3v) is 6.83. The first-order valence-electron chi connectivity index (χ1n) is 11.7. The van der Waals surface area contributed by atoms with Crippen molar-refractivity contribution in [3.05, 3.63) is 41.3 Å². The maximum Gasteiger partial charge on any atom is 0.267 e. The summed E-state index contributed by atoms with van der Waals surface area (Å²) in [5, 5.41) is 2.02. The molecule has 2 aromatic rings. The highest BCUT2D eigenvalue weighted by molar-refractivity contribution is 5.97. The van der Waals surface area contributed by atoms with Crippen molar-refractivity contribution in [1.29, 1.82) is 0 Å². The Labute approximate surface area is 184 Å². The number of amides is 1. The minimum absolute atomic E-state index is 0.0848. The molecule has 1 aliphatic carbocycles. The number of ether oxygens (including phenoxy) is 1. The Morgan fingerprint density at radius 3 is 2.52 bits per heavy atom. The summed E-state index contributed by atoms with van der Waals surface area (Å²) in [4.78, 5) is 13.2. The average molecular weight is 428 g/mol. The molecule has 2 heterocycles. The van der Waals surface area contributed by atoms with Gasteiger partial charge in [-0.1, -0.05) is 25.7 Å². The van der Waals surface area contributed by atoms with Crippen molar-refractivity contribution in [2.45, 2.75) is 64.8 Å². The summed E-state index contributed by atoms with van der Waals surface area (Å²) in [6.07, 6.45) is 9.64. The lowest BCUT2D eigenvalue weighted by Gasteiger charge is -2.27. The van der Waals surface area contributed by atoms with Crippen LogP contribution in [0.4, 0.5) is 4.39 Å². The fourth-order valence-electron chi connectivity index (χ4n) is 5.05. The van der Waals surface area contributed by atoms with Crippen LogP contribution >= 0.6 is 0 Å². The van der Waals surface area contributed by atoms with E-state index in [9.17, 15) is 9.18 Å². The third kappa shape index (κ3) is 4.95. The first kappa shape index (κ1) is 21.9. The lowest BCUT2D eigenvalue weighted by atomic mass is 9.89. The Morgan fingerprint density at radius 1 is 1.10 bits per heavy atom. The number of aromatic nitrogens is 1. The van der Waals surface area contributed by atoms with E-state index in [0.29, 0.717) is 22.8 Å². The van der Waals surface area contributed by atoms with Gasteiger partial charge in [0.15, 0.2) is 0 Å². The number of benzene rings is 1. The second-order valence-corrected chi connectivity index (χ2v) is 8.98. The smallest absolute Gasteiger partial charge is 0.267 e. The molecule has 0 radical (unpaired) electrons. The molecule has 1 amide bonds. The second-order valence-electron chi connectivity index (χ2n) is 8.98. The van der Waals surface area contributed by atoms with Crippen LogP contribution in [0.25, 0.3) is 11.3 Å². The van der Waals surface area contributed by atoms with E-state index >= 15 is 0 Å². The summed E-state index contributed by atoms with van der Waals surface area (Å²) < 4.78 is 21.9. The fraction of sp³-hybridized carbons (Fsp3) is 0.560. The molecule has 31 heavy (non-hydrogen) atoms. The van der Waals surface area contributed by atoms with Crippen LogP contribution in [0, 0.1) is 18.7 Å². The van der Waals surface area contributed by atoms with Gasteiger partial charge in [-0.05, 0) is 62.8 Å². The largest absolute Gasteiger partial charge is 0.496 e. The quantitative estimate of drug-likeness (QED) is 0.678. The fourth-order valence-corrected chi connectivity index (χ4v) is 5.05. The van der Waals surface area contributed by atoms with Gasteiger partial charge in [0.05, 0.1) is 18.4 Å². The number of nitrogens with zero attached hydrogens (tertiary/aromatic N) is 2. The van der Waals surface area contributed by atoms with Gasteiger partial charge in [-0.15, -0.1) is 0 Å². The predicted octanol–water partition coefficient (Wildman–Crippen LogP) is 5.32. The average Bonchev–Trinajstić information content (AvgIpc) is 3.11. The van der Waals surface area contributed by atoms with Crippen molar-refractivity contribution in [3.8, 4) is 17.0 Å². The van der Waals surface area contributed by atoms with E-state index in [2.05, 4.69) is 9.99 Å². The van der Waals surface area contributed by atoms with Crippen molar-refractivity contribution in [2.24, 2.45) is 5.92 Å². The van der Waals surface area contributed by atoms with E-state index in [-0.39, 0.29) is 11.7 Å². The van der Waals surface area contributed by atoms with Gasteiger partial charge in [0.1, 0.15) is 11.6 Å². The maximum absolute atomic E-state index is 14.2. The minimum atomic E-state index is -0.307. The molecule has 6 heteroatoms. The zero-order valence-electron chi connectivity index (χ0n) is 18.8. The van der Waals surface area contributed by atoms with Crippen molar-refractivity contribution in [1.82, 2.24) is 15.0 Å². The van der Waals surface area contributed by atoms with Crippen molar-refractivity contribution in [3.63, 3.8) is 0 Å². The van der Waals surface area contributed by atoms with Crippen LogP contribution in [-0.2, 0) is 6.54 Å². The molecule has 1 aliphatic heterocycles. The van der Waals surface area contributed by atoms with Crippen LogP contribution in [0.2, 0.25) is 0 Å². The Bertz CT molecular complexity index is 912. The van der Waals surface area contributed by atoms with E-state index < -0.39 is 0 Å². The number of nitrogens with one attached hydrogen (secondary N) is 1. The molecular weight excluding hydrogens is 393 g/mol. The number of hydrogen-bond acceptors (Lipinski definition) is 3. The Morgan fingerprint density at radius 2 is 1.81 bits per heavy atom. The molecule has 1 saturated heterocycles. The maximum atomic E-state index is 14.2. The molecule has 168 valence electrons. The molecule has 1 N–H and O–H groups in total. The normalized spacial score (nSPS) is 18.2. The number of carbonyl (C=O) groups excluding carboxylic acids is 1. The van der Waals surface area contributed by atoms with Gasteiger partial charge >= 0.3 is 0 Å². The van der Waals surface area contributed by atoms with Crippen LogP contribution in [0.15, 0.2) is 24.3 Å². The van der Waals surface area contributed by atoms with Gasteiger partial charge in [0.2, 0.25) is 0 Å². The molecular formula is C25H34FN3O2. The van der Waals surface area contributed by atoms with Crippen LogP contribution in [-0.4, -0.2) is 35.7 Å². The van der Waals surface area contributed by atoms with Crippen molar-refractivity contribution < 1.29 is 13.9 Å². The summed E-state index contributed by atoms with van der Waals surface area (Å²) in [5.74, 6) is 0.805. The van der Waals surface area contributed by atoms with E-state index in [1.165, 1.54) is 50.7 Å². The van der Waals surface area contributed by atoms with E-state index in [4.69, 9.17) is 4.74 Å². The van der Waals surface area contributed by atoms with Crippen LogP contribution in [0.5, 0.6) is 5.75 Å². The zero-order chi connectivity index (χ0) is 21.8. The summed E-state index contributed by atoms with van der Waals surface area (Å²) in [6.45, 7) is 4.62. The molecule has 1 aromatic carbocycles. The molecule has 1 aromatic heterocycles. The van der Waals surface area contributed by atoms with E-state index in [1.807, 2.05) is 18.0 Å². The number of hydrogen-bond donors (Lipinski definition) is 1. The van der Waals surface area contributed by atoms with Gasteiger partial charge < -0.3 is 9.30 Å². The molecule has 0 spiro atoms. The Balaban J connectivity index is 1.70. The molecule has 0 unspecified atom stereocenters. The molecule has 2 aliphatic rings. The van der Waals surface area contributed by atoms with Crippen molar-refractivity contribution >= 4 is 5.91 Å². The molecule has 4 rings (SSSR count). The van der Waals surface area contributed by atoms with Gasteiger partial charge in [0.25, 0.3) is 5.91 Å².